The van der Waals surface area contributed by atoms with Crippen LogP contribution in [-0.2, 0) is 6.42 Å². The summed E-state index contributed by atoms with van der Waals surface area (Å²) in [4.78, 5) is 0. The minimum Gasteiger partial charge on any atom is -0.325 e. The average molecular weight is 214 g/mol. The molecule has 0 amide bonds. The summed E-state index contributed by atoms with van der Waals surface area (Å²) >= 11 is 5.92. The number of benzene rings is 1. The van der Waals surface area contributed by atoms with Gasteiger partial charge in [0.15, 0.2) is 0 Å². The second-order valence-electron chi connectivity index (χ2n) is 4.09. The zero-order chi connectivity index (χ0) is 10.2. The second kappa shape index (κ2) is 3.52. The fraction of sp³-hybridized carbons (Fsp3) is 0.455. The zero-order valence-electron chi connectivity index (χ0n) is 7.89. The molecule has 1 aromatic carbocycles. The third-order valence-electron chi connectivity index (χ3n) is 2.94. The minimum absolute atomic E-state index is 0.216. The monoisotopic (exact) mass is 213 g/mol. The van der Waals surface area contributed by atoms with Crippen LogP contribution in [-0.4, -0.2) is 5.54 Å². The first-order chi connectivity index (χ1) is 6.61. The molecule has 76 valence electrons. The van der Waals surface area contributed by atoms with Crippen LogP contribution in [0.15, 0.2) is 18.2 Å². The van der Waals surface area contributed by atoms with E-state index < -0.39 is 0 Å². The fourth-order valence-electron chi connectivity index (χ4n) is 1.86. The van der Waals surface area contributed by atoms with Crippen molar-refractivity contribution in [1.29, 1.82) is 0 Å². The van der Waals surface area contributed by atoms with Gasteiger partial charge in [-0.25, -0.2) is 4.39 Å². The third kappa shape index (κ3) is 1.77. The summed E-state index contributed by atoms with van der Waals surface area (Å²) in [5.74, 6) is -0.241. The topological polar surface area (TPSA) is 26.0 Å². The van der Waals surface area contributed by atoms with Gasteiger partial charge in [0.05, 0.1) is 0 Å². The van der Waals surface area contributed by atoms with Gasteiger partial charge in [-0.2, -0.15) is 0 Å². The lowest BCUT2D eigenvalue weighted by atomic mass is 9.73. The SMILES string of the molecule is NC1(Cc2c(F)cccc2Cl)CCC1. The molecular formula is C11H13ClFN. The lowest BCUT2D eigenvalue weighted by Gasteiger charge is -2.38. The largest absolute Gasteiger partial charge is 0.325 e. The second-order valence-corrected chi connectivity index (χ2v) is 4.50. The molecule has 0 saturated heterocycles. The third-order valence-corrected chi connectivity index (χ3v) is 3.29. The van der Waals surface area contributed by atoms with Gasteiger partial charge in [0.25, 0.3) is 0 Å². The molecule has 0 radical (unpaired) electrons. The standard InChI is InChI=1S/C11H13ClFN/c12-9-3-1-4-10(13)8(9)7-11(14)5-2-6-11/h1,3-4H,2,5-7,14H2. The molecular weight excluding hydrogens is 201 g/mol. The van der Waals surface area contributed by atoms with Gasteiger partial charge in [-0.15, -0.1) is 0 Å². The van der Waals surface area contributed by atoms with E-state index in [1.54, 1.807) is 12.1 Å². The maximum absolute atomic E-state index is 13.4. The number of nitrogens with two attached hydrogens (primary N) is 1. The molecule has 14 heavy (non-hydrogen) atoms. The van der Waals surface area contributed by atoms with Crippen molar-refractivity contribution >= 4 is 11.6 Å². The van der Waals surface area contributed by atoms with E-state index in [0.29, 0.717) is 17.0 Å². The molecule has 0 unspecified atom stereocenters. The molecule has 1 nitrogen and oxygen atoms in total. The number of hydrogen-bond acceptors (Lipinski definition) is 1. The molecule has 0 spiro atoms. The Morgan fingerprint density at radius 1 is 1.43 bits per heavy atom. The van der Waals surface area contributed by atoms with Crippen molar-refractivity contribution < 1.29 is 4.39 Å². The van der Waals surface area contributed by atoms with E-state index in [0.717, 1.165) is 19.3 Å². The Balaban J connectivity index is 2.23. The van der Waals surface area contributed by atoms with Gasteiger partial charge < -0.3 is 5.73 Å². The van der Waals surface area contributed by atoms with Crippen LogP contribution in [0.2, 0.25) is 5.02 Å². The van der Waals surface area contributed by atoms with Crippen LogP contribution in [0.1, 0.15) is 24.8 Å². The van der Waals surface area contributed by atoms with Crippen molar-refractivity contribution in [3.05, 3.63) is 34.6 Å². The molecule has 1 aliphatic carbocycles. The van der Waals surface area contributed by atoms with E-state index >= 15 is 0 Å². The van der Waals surface area contributed by atoms with Gasteiger partial charge >= 0.3 is 0 Å². The Morgan fingerprint density at radius 3 is 2.64 bits per heavy atom. The van der Waals surface area contributed by atoms with Crippen molar-refractivity contribution in [2.24, 2.45) is 5.73 Å². The first-order valence-electron chi connectivity index (χ1n) is 4.82. The van der Waals surface area contributed by atoms with Crippen LogP contribution < -0.4 is 5.73 Å². The van der Waals surface area contributed by atoms with Crippen molar-refractivity contribution in [2.45, 2.75) is 31.2 Å². The molecule has 0 aromatic heterocycles. The highest BCUT2D eigenvalue weighted by atomic mass is 35.5. The van der Waals surface area contributed by atoms with Gasteiger partial charge in [-0.05, 0) is 37.8 Å². The lowest BCUT2D eigenvalue weighted by Crippen LogP contribution is -2.48. The predicted molar refractivity (Wildman–Crippen MR) is 55.9 cm³/mol. The van der Waals surface area contributed by atoms with Crippen LogP contribution in [0.25, 0.3) is 0 Å². The highest BCUT2D eigenvalue weighted by molar-refractivity contribution is 6.31. The first-order valence-corrected chi connectivity index (χ1v) is 5.20. The molecule has 0 aliphatic heterocycles. The van der Waals surface area contributed by atoms with Gasteiger partial charge in [0.2, 0.25) is 0 Å². The van der Waals surface area contributed by atoms with Crippen molar-refractivity contribution in [2.75, 3.05) is 0 Å². The van der Waals surface area contributed by atoms with Gasteiger partial charge in [0, 0.05) is 16.1 Å². The maximum atomic E-state index is 13.4. The Kier molecular flexibility index (Phi) is 2.50. The quantitative estimate of drug-likeness (QED) is 0.803. The summed E-state index contributed by atoms with van der Waals surface area (Å²) < 4.78 is 13.4. The molecule has 0 heterocycles. The maximum Gasteiger partial charge on any atom is 0.127 e. The summed E-state index contributed by atoms with van der Waals surface area (Å²) in [6.07, 6.45) is 3.64. The molecule has 1 saturated carbocycles. The Labute approximate surface area is 88.1 Å². The Hall–Kier alpha value is -0.600. The van der Waals surface area contributed by atoms with Crippen LogP contribution in [0.5, 0.6) is 0 Å². The molecule has 0 bridgehead atoms. The highest BCUT2D eigenvalue weighted by Gasteiger charge is 2.33. The molecule has 3 heteroatoms. The lowest BCUT2D eigenvalue weighted by molar-refractivity contribution is 0.245. The summed E-state index contributed by atoms with van der Waals surface area (Å²) in [7, 11) is 0. The first kappa shape index (κ1) is 9.94. The van der Waals surface area contributed by atoms with E-state index in [-0.39, 0.29) is 11.4 Å². The van der Waals surface area contributed by atoms with E-state index in [4.69, 9.17) is 17.3 Å². The molecule has 1 aromatic rings. The van der Waals surface area contributed by atoms with Crippen molar-refractivity contribution in [1.82, 2.24) is 0 Å². The van der Waals surface area contributed by atoms with Crippen molar-refractivity contribution in [3.8, 4) is 0 Å². The Morgan fingerprint density at radius 2 is 2.14 bits per heavy atom. The molecule has 2 N–H and O–H groups in total. The molecule has 1 aliphatic rings. The fourth-order valence-corrected chi connectivity index (χ4v) is 2.09. The van der Waals surface area contributed by atoms with Gasteiger partial charge in [0.1, 0.15) is 5.82 Å². The van der Waals surface area contributed by atoms with E-state index in [9.17, 15) is 4.39 Å². The Bertz CT molecular complexity index is 327. The summed E-state index contributed by atoms with van der Waals surface area (Å²) in [6, 6.07) is 4.76. The smallest absolute Gasteiger partial charge is 0.127 e. The number of hydrogen-bond donors (Lipinski definition) is 1. The van der Waals surface area contributed by atoms with Crippen LogP contribution >= 0.6 is 11.6 Å². The van der Waals surface area contributed by atoms with E-state index in [1.807, 2.05) is 0 Å². The number of halogens is 2. The molecule has 2 rings (SSSR count). The van der Waals surface area contributed by atoms with E-state index in [1.165, 1.54) is 6.07 Å². The average Bonchev–Trinajstić information content (AvgIpc) is 2.09. The molecule has 0 atom stereocenters. The summed E-state index contributed by atoms with van der Waals surface area (Å²) in [5.41, 5.74) is 6.40. The van der Waals surface area contributed by atoms with Gasteiger partial charge in [-0.3, -0.25) is 0 Å². The van der Waals surface area contributed by atoms with Crippen LogP contribution in [0.3, 0.4) is 0 Å². The van der Waals surface area contributed by atoms with Crippen molar-refractivity contribution in [3.63, 3.8) is 0 Å². The predicted octanol–water partition coefficient (Wildman–Crippen LogP) is 2.90. The summed E-state index contributed by atoms with van der Waals surface area (Å²) in [5, 5.41) is 0.488. The highest BCUT2D eigenvalue weighted by Crippen LogP contribution is 2.34. The minimum atomic E-state index is -0.241. The van der Waals surface area contributed by atoms with Gasteiger partial charge in [-0.1, -0.05) is 17.7 Å². The number of rotatable bonds is 2. The normalized spacial score (nSPS) is 19.1. The van der Waals surface area contributed by atoms with Crippen LogP contribution in [0, 0.1) is 5.82 Å². The van der Waals surface area contributed by atoms with Crippen LogP contribution in [0.4, 0.5) is 4.39 Å². The summed E-state index contributed by atoms with van der Waals surface area (Å²) in [6.45, 7) is 0. The zero-order valence-corrected chi connectivity index (χ0v) is 8.65. The molecule has 1 fully saturated rings. The van der Waals surface area contributed by atoms with E-state index in [2.05, 4.69) is 0 Å².